The normalized spacial score (nSPS) is 23.4. The summed E-state index contributed by atoms with van der Waals surface area (Å²) >= 11 is 5.71. The van der Waals surface area contributed by atoms with Gasteiger partial charge in [0.15, 0.2) is 0 Å². The zero-order valence-electron chi connectivity index (χ0n) is 21.2. The Morgan fingerprint density at radius 2 is 1.95 bits per heavy atom. The van der Waals surface area contributed by atoms with Gasteiger partial charge >= 0.3 is 12.1 Å². The predicted molar refractivity (Wildman–Crippen MR) is 135 cm³/mol. The summed E-state index contributed by atoms with van der Waals surface area (Å²) in [4.78, 5) is 31.6. The van der Waals surface area contributed by atoms with Crippen LogP contribution < -0.4 is 9.64 Å². The highest BCUT2D eigenvalue weighted by Crippen LogP contribution is 2.46. The molecule has 1 amide bonds. The highest BCUT2D eigenvalue weighted by Gasteiger charge is 2.40. The molecule has 1 aromatic carbocycles. The lowest BCUT2D eigenvalue weighted by Gasteiger charge is -2.27. The summed E-state index contributed by atoms with van der Waals surface area (Å²) < 4.78 is 61.2. The number of hydrogen-bond donors (Lipinski definition) is 1. The minimum Gasteiger partial charge on any atom is -0.493 e. The van der Waals surface area contributed by atoms with E-state index in [-0.39, 0.29) is 30.5 Å². The van der Waals surface area contributed by atoms with Gasteiger partial charge in [-0.1, -0.05) is 18.5 Å². The number of anilines is 1. The third-order valence-electron chi connectivity index (χ3n) is 7.75. The van der Waals surface area contributed by atoms with Crippen LogP contribution in [0, 0.1) is 11.2 Å². The molecule has 2 atom stereocenters. The topological polar surface area (TPSA) is 83.0 Å². The van der Waals surface area contributed by atoms with Gasteiger partial charge in [0, 0.05) is 37.3 Å². The third-order valence-corrected chi connectivity index (χ3v) is 8.05. The van der Waals surface area contributed by atoms with Crippen LogP contribution >= 0.6 is 11.6 Å². The molecule has 1 aromatic heterocycles. The van der Waals surface area contributed by atoms with Gasteiger partial charge in [-0.05, 0) is 55.7 Å². The molecule has 5 rings (SSSR count). The molecule has 12 heteroatoms. The Morgan fingerprint density at radius 3 is 2.62 bits per heavy atom. The molecule has 3 heterocycles. The average Bonchev–Trinajstić information content (AvgIpc) is 3.45. The SMILES string of the molecule is C[C@@]1(COc2cc(F)c(C(=O)N3CCC[C@H]3C(=O)O)cc2C2CC2)CCN(c2cc(C(F)(F)F)c(Cl)cn2)C1. The second-order valence-corrected chi connectivity index (χ2v) is 11.3. The zero-order valence-corrected chi connectivity index (χ0v) is 22.0. The van der Waals surface area contributed by atoms with E-state index in [0.29, 0.717) is 43.7 Å². The van der Waals surface area contributed by atoms with Crippen molar-refractivity contribution in [2.24, 2.45) is 5.41 Å². The van der Waals surface area contributed by atoms with E-state index in [1.54, 1.807) is 4.90 Å². The summed E-state index contributed by atoms with van der Waals surface area (Å²) in [6, 6.07) is 2.66. The van der Waals surface area contributed by atoms with Crippen LogP contribution in [-0.2, 0) is 11.0 Å². The molecular formula is C27H28ClF4N3O4. The first-order valence-electron chi connectivity index (χ1n) is 12.8. The molecule has 1 N–H and O–H groups in total. The van der Waals surface area contributed by atoms with Crippen LogP contribution in [0.2, 0.25) is 5.02 Å². The fourth-order valence-electron chi connectivity index (χ4n) is 5.40. The van der Waals surface area contributed by atoms with Crippen molar-refractivity contribution in [3.05, 3.63) is 51.9 Å². The molecule has 0 bridgehead atoms. The first-order valence-corrected chi connectivity index (χ1v) is 13.2. The summed E-state index contributed by atoms with van der Waals surface area (Å²) in [5.41, 5.74) is -0.847. The van der Waals surface area contributed by atoms with Gasteiger partial charge in [0.25, 0.3) is 5.91 Å². The van der Waals surface area contributed by atoms with Gasteiger partial charge in [-0.25, -0.2) is 14.2 Å². The molecule has 7 nitrogen and oxygen atoms in total. The maximum atomic E-state index is 15.2. The number of halogens is 5. The van der Waals surface area contributed by atoms with Gasteiger partial charge in [0.05, 0.1) is 22.8 Å². The number of likely N-dealkylation sites (tertiary alicyclic amines) is 1. The van der Waals surface area contributed by atoms with Gasteiger partial charge in [0.1, 0.15) is 23.4 Å². The first kappa shape index (κ1) is 27.5. The smallest absolute Gasteiger partial charge is 0.418 e. The van der Waals surface area contributed by atoms with Crippen molar-refractivity contribution >= 4 is 29.3 Å². The summed E-state index contributed by atoms with van der Waals surface area (Å²) in [5, 5.41) is 8.96. The van der Waals surface area contributed by atoms with E-state index >= 15 is 4.39 Å². The molecule has 1 aliphatic carbocycles. The molecule has 1 saturated carbocycles. The van der Waals surface area contributed by atoms with E-state index in [1.165, 1.54) is 17.0 Å². The van der Waals surface area contributed by atoms with E-state index in [4.69, 9.17) is 16.3 Å². The Balaban J connectivity index is 1.31. The minimum absolute atomic E-state index is 0.118. The molecule has 2 aromatic rings. The number of aliphatic carboxylic acids is 1. The number of nitrogens with zero attached hydrogens (tertiary/aromatic N) is 3. The molecular weight excluding hydrogens is 542 g/mol. The number of rotatable bonds is 7. The fraction of sp³-hybridized carbons (Fsp3) is 0.519. The van der Waals surface area contributed by atoms with Crippen LogP contribution in [0.3, 0.4) is 0 Å². The lowest BCUT2D eigenvalue weighted by Crippen LogP contribution is -2.40. The number of hydrogen-bond acceptors (Lipinski definition) is 5. The number of carbonyl (C=O) groups is 2. The third kappa shape index (κ3) is 5.64. The number of benzene rings is 1. The Kier molecular flexibility index (Phi) is 7.15. The molecule has 0 radical (unpaired) electrons. The number of carboxylic acid groups (broad SMARTS) is 1. The van der Waals surface area contributed by atoms with Crippen molar-refractivity contribution in [1.29, 1.82) is 0 Å². The summed E-state index contributed by atoms with van der Waals surface area (Å²) in [7, 11) is 0. The van der Waals surface area contributed by atoms with E-state index in [1.807, 2.05) is 6.92 Å². The second-order valence-electron chi connectivity index (χ2n) is 10.9. The summed E-state index contributed by atoms with van der Waals surface area (Å²) in [6.07, 6.45) is -0.376. The second kappa shape index (κ2) is 10.1. The number of carboxylic acids is 1. The molecule has 2 aliphatic heterocycles. The van der Waals surface area contributed by atoms with Gasteiger partial charge in [-0.3, -0.25) is 4.79 Å². The lowest BCUT2D eigenvalue weighted by molar-refractivity contribution is -0.141. The van der Waals surface area contributed by atoms with Crippen LogP contribution in [0.5, 0.6) is 5.75 Å². The Bertz CT molecular complexity index is 1300. The predicted octanol–water partition coefficient (Wildman–Crippen LogP) is 5.75. The molecule has 210 valence electrons. The Labute approximate surface area is 227 Å². The summed E-state index contributed by atoms with van der Waals surface area (Å²) in [6.45, 7) is 3.22. The lowest BCUT2D eigenvalue weighted by atomic mass is 9.91. The number of carbonyl (C=O) groups excluding carboxylic acids is 1. The van der Waals surface area contributed by atoms with Crippen LogP contribution in [0.25, 0.3) is 0 Å². The van der Waals surface area contributed by atoms with Crippen molar-refractivity contribution in [2.75, 3.05) is 31.1 Å². The van der Waals surface area contributed by atoms with Crippen LogP contribution in [0.4, 0.5) is 23.4 Å². The van der Waals surface area contributed by atoms with Gasteiger partial charge in [0.2, 0.25) is 0 Å². The van der Waals surface area contributed by atoms with Crippen molar-refractivity contribution in [2.45, 2.75) is 57.2 Å². The minimum atomic E-state index is -4.60. The quantitative estimate of drug-likeness (QED) is 0.427. The number of alkyl halides is 3. The maximum Gasteiger partial charge on any atom is 0.418 e. The van der Waals surface area contributed by atoms with E-state index in [2.05, 4.69) is 4.98 Å². The molecule has 3 fully saturated rings. The van der Waals surface area contributed by atoms with E-state index in [0.717, 1.165) is 25.1 Å². The monoisotopic (exact) mass is 569 g/mol. The fourth-order valence-corrected chi connectivity index (χ4v) is 5.61. The van der Waals surface area contributed by atoms with Gasteiger partial charge in [-0.15, -0.1) is 0 Å². The highest BCUT2D eigenvalue weighted by atomic mass is 35.5. The number of ether oxygens (including phenoxy) is 1. The number of aromatic nitrogens is 1. The van der Waals surface area contributed by atoms with Crippen LogP contribution in [-0.4, -0.2) is 59.1 Å². The van der Waals surface area contributed by atoms with Crippen molar-refractivity contribution in [3.63, 3.8) is 0 Å². The Morgan fingerprint density at radius 1 is 1.21 bits per heavy atom. The van der Waals surface area contributed by atoms with E-state index < -0.39 is 45.9 Å². The van der Waals surface area contributed by atoms with Gasteiger partial charge in [-0.2, -0.15) is 13.2 Å². The zero-order chi connectivity index (χ0) is 28.1. The molecule has 39 heavy (non-hydrogen) atoms. The van der Waals surface area contributed by atoms with E-state index in [9.17, 15) is 27.9 Å². The van der Waals surface area contributed by atoms with Crippen LogP contribution in [0.15, 0.2) is 24.4 Å². The standard InChI is InChI=1S/C27H28ClF4N3O4/c1-26(6-8-34(13-26)23-10-18(27(30,31)32)19(28)12-33-23)14-39-22-11-20(29)17(9-16(22)15-4-5-15)24(36)35-7-2-3-21(35)25(37)38/h9-12,15,21H,2-8,13-14H2,1H3,(H,37,38)/t21-,26+/m0/s1. The number of pyridine rings is 1. The largest absolute Gasteiger partial charge is 0.493 e. The average molecular weight is 570 g/mol. The molecule has 2 saturated heterocycles. The Hall–Kier alpha value is -3.08. The number of amides is 1. The summed E-state index contributed by atoms with van der Waals surface area (Å²) in [5.74, 6) is -1.91. The van der Waals surface area contributed by atoms with Crippen molar-refractivity contribution in [1.82, 2.24) is 9.88 Å². The molecule has 0 spiro atoms. The molecule has 3 aliphatic rings. The first-order chi connectivity index (χ1) is 18.4. The van der Waals surface area contributed by atoms with Crippen molar-refractivity contribution < 1.29 is 37.0 Å². The highest BCUT2D eigenvalue weighted by molar-refractivity contribution is 6.31. The van der Waals surface area contributed by atoms with Crippen molar-refractivity contribution in [3.8, 4) is 5.75 Å². The van der Waals surface area contributed by atoms with Gasteiger partial charge < -0.3 is 19.6 Å². The van der Waals surface area contributed by atoms with Crippen LogP contribution in [0.1, 0.15) is 66.4 Å². The molecule has 0 unspecified atom stereocenters. The maximum absolute atomic E-state index is 15.2.